The molecule has 2 heterocycles. The summed E-state index contributed by atoms with van der Waals surface area (Å²) in [5, 5.41) is 8.01. The number of hydrogen-bond donors (Lipinski definition) is 1. The van der Waals surface area contributed by atoms with E-state index in [0.717, 1.165) is 5.01 Å². The van der Waals surface area contributed by atoms with E-state index in [2.05, 4.69) is 10.4 Å². The molecule has 31 heavy (non-hydrogen) atoms. The first-order valence-corrected chi connectivity index (χ1v) is 9.81. The molecule has 1 atom stereocenters. The lowest BCUT2D eigenvalue weighted by molar-refractivity contribution is -0.147. The van der Waals surface area contributed by atoms with Crippen LogP contribution in [0.3, 0.4) is 0 Å². The zero-order valence-electron chi connectivity index (χ0n) is 16.8. The van der Waals surface area contributed by atoms with Crippen molar-refractivity contribution >= 4 is 46.5 Å². The molecule has 1 N–H and O–H groups in total. The number of carbonyl (C=O) groups excluding carboxylic acids is 4. The Kier molecular flexibility index (Phi) is 5.48. The van der Waals surface area contributed by atoms with Crippen molar-refractivity contribution in [3.63, 3.8) is 0 Å². The molecule has 2 aliphatic heterocycles. The zero-order valence-corrected chi connectivity index (χ0v) is 16.8. The number of hydrogen-bond acceptors (Lipinski definition) is 6. The average molecular weight is 420 g/mol. The Morgan fingerprint density at radius 1 is 1.03 bits per heavy atom. The first-order chi connectivity index (χ1) is 14.9. The van der Waals surface area contributed by atoms with E-state index in [9.17, 15) is 19.2 Å². The molecule has 4 rings (SSSR count). The molecule has 3 amide bonds. The van der Waals surface area contributed by atoms with Gasteiger partial charge in [-0.2, -0.15) is 5.10 Å². The second-order valence-electron chi connectivity index (χ2n) is 7.13. The molecular weight excluding hydrogens is 400 g/mol. The van der Waals surface area contributed by atoms with Crippen molar-refractivity contribution in [1.29, 1.82) is 0 Å². The highest BCUT2D eigenvalue weighted by Gasteiger charge is 2.33. The fraction of sp³-hybridized carbons (Fsp3) is 0.227. The maximum absolute atomic E-state index is 12.9. The number of carbonyl (C=O) groups is 4. The predicted molar refractivity (Wildman–Crippen MR) is 114 cm³/mol. The molecule has 0 radical (unpaired) electrons. The van der Waals surface area contributed by atoms with E-state index in [-0.39, 0.29) is 36.9 Å². The molecule has 2 aromatic rings. The Labute approximate surface area is 178 Å². The first kappa shape index (κ1) is 20.3. The maximum atomic E-state index is 12.9. The molecule has 9 heteroatoms. The molecular formula is C22H20N4O5. The zero-order chi connectivity index (χ0) is 22.0. The Hall–Kier alpha value is -4.01. The van der Waals surface area contributed by atoms with Crippen molar-refractivity contribution in [3.05, 3.63) is 54.6 Å². The van der Waals surface area contributed by atoms with Crippen LogP contribution >= 0.6 is 0 Å². The van der Waals surface area contributed by atoms with Gasteiger partial charge in [0, 0.05) is 12.8 Å². The fourth-order valence-electron chi connectivity index (χ4n) is 3.40. The van der Waals surface area contributed by atoms with Gasteiger partial charge in [-0.3, -0.25) is 19.3 Å². The molecule has 0 unspecified atom stereocenters. The second kappa shape index (κ2) is 8.39. The molecule has 0 fully saturated rings. The van der Waals surface area contributed by atoms with Gasteiger partial charge in [-0.25, -0.2) is 9.80 Å². The molecule has 0 saturated carbocycles. The third-order valence-corrected chi connectivity index (χ3v) is 4.94. The topological polar surface area (TPSA) is 108 Å². The van der Waals surface area contributed by atoms with Crippen molar-refractivity contribution in [2.75, 3.05) is 21.8 Å². The Morgan fingerprint density at radius 3 is 2.52 bits per heavy atom. The molecule has 2 aliphatic rings. The lowest BCUT2D eigenvalue weighted by Crippen LogP contribution is -2.47. The molecule has 9 nitrogen and oxygen atoms in total. The predicted octanol–water partition coefficient (Wildman–Crippen LogP) is 2.09. The van der Waals surface area contributed by atoms with E-state index in [1.807, 2.05) is 6.07 Å². The molecule has 0 bridgehead atoms. The van der Waals surface area contributed by atoms with Crippen molar-refractivity contribution < 1.29 is 23.9 Å². The highest BCUT2D eigenvalue weighted by atomic mass is 16.5. The van der Waals surface area contributed by atoms with Crippen LogP contribution in [0.2, 0.25) is 0 Å². The lowest BCUT2D eigenvalue weighted by Gasteiger charge is -2.31. The van der Waals surface area contributed by atoms with Gasteiger partial charge in [0.15, 0.2) is 6.10 Å². The summed E-state index contributed by atoms with van der Waals surface area (Å²) in [5.74, 6) is -1.87. The van der Waals surface area contributed by atoms with E-state index < -0.39 is 18.0 Å². The highest BCUT2D eigenvalue weighted by molar-refractivity contribution is 6.38. The van der Waals surface area contributed by atoms with E-state index in [1.54, 1.807) is 48.5 Å². The molecule has 0 spiro atoms. The summed E-state index contributed by atoms with van der Waals surface area (Å²) in [6.07, 6.45) is -0.918. The van der Waals surface area contributed by atoms with Gasteiger partial charge in [0.2, 0.25) is 11.8 Å². The normalized spacial score (nSPS) is 16.7. The quantitative estimate of drug-likeness (QED) is 0.762. The van der Waals surface area contributed by atoms with Crippen LogP contribution in [0, 0.1) is 0 Å². The summed E-state index contributed by atoms with van der Waals surface area (Å²) in [6, 6.07) is 15.6. The van der Waals surface area contributed by atoms with Gasteiger partial charge in [-0.05, 0) is 31.2 Å². The van der Waals surface area contributed by atoms with Gasteiger partial charge >= 0.3 is 5.97 Å². The summed E-state index contributed by atoms with van der Waals surface area (Å²) in [4.78, 5) is 51.0. The molecule has 2 aromatic carbocycles. The summed E-state index contributed by atoms with van der Waals surface area (Å²) in [6.45, 7) is 1.27. The maximum Gasteiger partial charge on any atom is 0.355 e. The first-order valence-electron chi connectivity index (χ1n) is 9.81. The van der Waals surface area contributed by atoms with Crippen LogP contribution in [-0.4, -0.2) is 42.1 Å². The van der Waals surface area contributed by atoms with Crippen LogP contribution in [0.25, 0.3) is 0 Å². The van der Waals surface area contributed by atoms with E-state index >= 15 is 0 Å². The summed E-state index contributed by atoms with van der Waals surface area (Å²) in [5.41, 5.74) is 1.64. The number of nitrogens with one attached hydrogen (secondary N) is 1. The number of fused-ring (bicyclic) bond motifs is 1. The largest absolute Gasteiger partial charge is 0.448 e. The number of ether oxygens (including phenoxy) is 1. The van der Waals surface area contributed by atoms with Crippen molar-refractivity contribution in [1.82, 2.24) is 0 Å². The van der Waals surface area contributed by atoms with Crippen LogP contribution in [0.15, 0.2) is 59.7 Å². The van der Waals surface area contributed by atoms with Crippen LogP contribution in [0.1, 0.15) is 19.8 Å². The van der Waals surface area contributed by atoms with Crippen LogP contribution in [0.5, 0.6) is 0 Å². The molecule has 0 aliphatic carbocycles. The molecule has 0 saturated heterocycles. The third-order valence-electron chi connectivity index (χ3n) is 4.94. The summed E-state index contributed by atoms with van der Waals surface area (Å²) in [7, 11) is 0. The van der Waals surface area contributed by atoms with Crippen molar-refractivity contribution in [2.45, 2.75) is 25.9 Å². The second-order valence-corrected chi connectivity index (χ2v) is 7.13. The molecule has 158 valence electrons. The van der Waals surface area contributed by atoms with Crippen LogP contribution in [0.4, 0.5) is 17.1 Å². The fourth-order valence-corrected chi connectivity index (χ4v) is 3.40. The number of hydrazone groups is 1. The van der Waals surface area contributed by atoms with E-state index in [4.69, 9.17) is 4.74 Å². The van der Waals surface area contributed by atoms with Gasteiger partial charge in [0.1, 0.15) is 12.3 Å². The minimum atomic E-state index is -1.14. The molecule has 0 aromatic heterocycles. The van der Waals surface area contributed by atoms with Crippen LogP contribution < -0.4 is 15.2 Å². The van der Waals surface area contributed by atoms with Gasteiger partial charge in [0.05, 0.1) is 17.1 Å². The van der Waals surface area contributed by atoms with E-state index in [0.29, 0.717) is 17.1 Å². The highest BCUT2D eigenvalue weighted by Crippen LogP contribution is 2.29. The monoisotopic (exact) mass is 420 g/mol. The average Bonchev–Trinajstić information content (AvgIpc) is 2.78. The Balaban J connectivity index is 1.49. The SMILES string of the molecule is C[C@@H](OC(=O)C1=NN(c2ccccc2)C(=O)CC1)C(=O)N1CC(=O)Nc2ccccc21. The third kappa shape index (κ3) is 4.16. The van der Waals surface area contributed by atoms with Crippen molar-refractivity contribution in [2.24, 2.45) is 5.10 Å². The minimum Gasteiger partial charge on any atom is -0.448 e. The Morgan fingerprint density at radius 2 is 1.74 bits per heavy atom. The smallest absolute Gasteiger partial charge is 0.355 e. The van der Waals surface area contributed by atoms with Gasteiger partial charge in [-0.1, -0.05) is 30.3 Å². The number of para-hydroxylation sites is 3. The standard InChI is InChI=1S/C22H20N4O5/c1-14(21(29)25-13-19(27)23-16-9-5-6-10-18(16)25)31-22(30)17-11-12-20(28)26(24-17)15-7-3-2-4-8-15/h2-10,14H,11-13H2,1H3,(H,23,27)/t14-/m1/s1. The van der Waals surface area contributed by atoms with Gasteiger partial charge in [0.25, 0.3) is 5.91 Å². The summed E-state index contributed by atoms with van der Waals surface area (Å²) >= 11 is 0. The van der Waals surface area contributed by atoms with Crippen LogP contribution in [-0.2, 0) is 23.9 Å². The number of anilines is 3. The number of esters is 1. The minimum absolute atomic E-state index is 0.0555. The number of rotatable bonds is 4. The van der Waals surface area contributed by atoms with Crippen molar-refractivity contribution in [3.8, 4) is 0 Å². The summed E-state index contributed by atoms with van der Waals surface area (Å²) < 4.78 is 5.34. The lowest BCUT2D eigenvalue weighted by atomic mass is 10.1. The number of amides is 3. The number of benzene rings is 2. The van der Waals surface area contributed by atoms with Gasteiger partial charge < -0.3 is 10.1 Å². The van der Waals surface area contributed by atoms with Gasteiger partial charge in [-0.15, -0.1) is 0 Å². The number of nitrogens with zero attached hydrogens (tertiary/aromatic N) is 3. The Bertz CT molecular complexity index is 1080. The van der Waals surface area contributed by atoms with E-state index in [1.165, 1.54) is 11.8 Å².